The number of rotatable bonds is 6. The quantitative estimate of drug-likeness (QED) is 0.229. The lowest BCUT2D eigenvalue weighted by molar-refractivity contribution is -0.117. The van der Waals surface area contributed by atoms with E-state index in [1.54, 1.807) is 74.5 Å². The van der Waals surface area contributed by atoms with Crippen molar-refractivity contribution in [2.75, 3.05) is 4.90 Å². The van der Waals surface area contributed by atoms with E-state index in [2.05, 4.69) is 20.9 Å². The maximum absolute atomic E-state index is 13.7. The molecule has 37 heavy (non-hydrogen) atoms. The van der Waals surface area contributed by atoms with Crippen LogP contribution in [0, 0.1) is 0 Å². The number of halogens is 1. The maximum Gasteiger partial charge on any atom is 0.338 e. The molecule has 0 spiro atoms. The number of hydrogen-bond acceptors (Lipinski definition) is 7. The van der Waals surface area contributed by atoms with Gasteiger partial charge in [0.1, 0.15) is 11.6 Å². The Morgan fingerprint density at radius 1 is 1.08 bits per heavy atom. The van der Waals surface area contributed by atoms with Gasteiger partial charge in [-0.1, -0.05) is 28.1 Å². The molecule has 0 saturated heterocycles. The van der Waals surface area contributed by atoms with Crippen molar-refractivity contribution in [3.8, 4) is 0 Å². The lowest BCUT2D eigenvalue weighted by Crippen LogP contribution is -2.31. The van der Waals surface area contributed by atoms with Crippen molar-refractivity contribution in [3.63, 3.8) is 0 Å². The zero-order valence-electron chi connectivity index (χ0n) is 19.8. The van der Waals surface area contributed by atoms with Gasteiger partial charge in [-0.05, 0) is 68.4 Å². The van der Waals surface area contributed by atoms with E-state index in [1.807, 2.05) is 0 Å². The Kier molecular flexibility index (Phi) is 6.39. The van der Waals surface area contributed by atoms with Crippen LogP contribution in [0.3, 0.4) is 0 Å². The molecule has 2 aromatic heterocycles. The lowest BCUT2D eigenvalue weighted by atomic mass is 9.98. The van der Waals surface area contributed by atoms with Gasteiger partial charge < -0.3 is 14.3 Å². The van der Waals surface area contributed by atoms with Gasteiger partial charge in [0.05, 0.1) is 22.9 Å². The number of carbonyl (C=O) groups is 3. The molecule has 0 aliphatic carbocycles. The van der Waals surface area contributed by atoms with Crippen LogP contribution >= 0.6 is 15.9 Å². The summed E-state index contributed by atoms with van der Waals surface area (Å²) in [5.41, 5.74) is 1.19. The smallest absolute Gasteiger partial charge is 0.338 e. The van der Waals surface area contributed by atoms with E-state index in [4.69, 9.17) is 9.15 Å². The topological polar surface area (TPSA) is 110 Å². The molecule has 5 rings (SSSR count). The summed E-state index contributed by atoms with van der Waals surface area (Å²) in [7, 11) is 0. The predicted octanol–water partition coefficient (Wildman–Crippen LogP) is 5.94. The zero-order valence-corrected chi connectivity index (χ0v) is 21.4. The first kappa shape index (κ1) is 24.5. The molecule has 0 bridgehead atoms. The molecule has 0 radical (unpaired) electrons. The molecule has 1 unspecified atom stereocenters. The molecule has 1 atom stereocenters. The van der Waals surface area contributed by atoms with E-state index in [1.165, 1.54) is 17.2 Å². The molecule has 2 aromatic carbocycles. The molecule has 8 nitrogen and oxygen atoms in total. The summed E-state index contributed by atoms with van der Waals surface area (Å²) >= 11 is 3.40. The van der Waals surface area contributed by atoms with E-state index >= 15 is 0 Å². The van der Waals surface area contributed by atoms with Crippen molar-refractivity contribution in [2.45, 2.75) is 26.0 Å². The average molecular weight is 561 g/mol. The number of pyridine rings is 1. The number of benzene rings is 2. The number of anilines is 1. The van der Waals surface area contributed by atoms with Crippen molar-refractivity contribution in [1.29, 1.82) is 0 Å². The van der Waals surface area contributed by atoms with Crippen molar-refractivity contribution in [2.24, 2.45) is 0 Å². The first-order chi connectivity index (χ1) is 17.7. The van der Waals surface area contributed by atoms with E-state index in [0.29, 0.717) is 22.4 Å². The van der Waals surface area contributed by atoms with Crippen LogP contribution in [0.1, 0.15) is 46.5 Å². The number of furan rings is 1. The Hall–Kier alpha value is -4.24. The number of esters is 1. The third-order valence-electron chi connectivity index (χ3n) is 5.83. The van der Waals surface area contributed by atoms with E-state index in [-0.39, 0.29) is 23.0 Å². The van der Waals surface area contributed by atoms with Gasteiger partial charge in [-0.15, -0.1) is 0 Å². The van der Waals surface area contributed by atoms with Gasteiger partial charge in [0.25, 0.3) is 5.91 Å². The van der Waals surface area contributed by atoms with Crippen LogP contribution in [0.4, 0.5) is 5.69 Å². The fourth-order valence-corrected chi connectivity index (χ4v) is 4.62. The van der Waals surface area contributed by atoms with Gasteiger partial charge >= 0.3 is 5.97 Å². The van der Waals surface area contributed by atoms with Gasteiger partial charge in [0.15, 0.2) is 11.5 Å². The Bertz CT molecular complexity index is 1570. The van der Waals surface area contributed by atoms with E-state index in [0.717, 1.165) is 4.47 Å². The van der Waals surface area contributed by atoms with Crippen LogP contribution in [0.2, 0.25) is 0 Å². The van der Waals surface area contributed by atoms with Crippen molar-refractivity contribution < 1.29 is 28.6 Å². The first-order valence-electron chi connectivity index (χ1n) is 11.5. The van der Waals surface area contributed by atoms with Gasteiger partial charge in [-0.3, -0.25) is 19.5 Å². The number of hydrogen-bond donors (Lipinski definition) is 1. The van der Waals surface area contributed by atoms with Crippen molar-refractivity contribution >= 4 is 50.2 Å². The Balaban J connectivity index is 1.61. The second-order valence-electron chi connectivity index (χ2n) is 8.72. The number of aromatic nitrogens is 1. The Morgan fingerprint density at radius 3 is 2.62 bits per heavy atom. The number of ether oxygens (including phenoxy) is 1. The number of aliphatic hydroxyl groups excluding tert-OH is 1. The summed E-state index contributed by atoms with van der Waals surface area (Å²) in [6.45, 7) is 3.47. The summed E-state index contributed by atoms with van der Waals surface area (Å²) in [5.74, 6) is -2.74. The second-order valence-corrected chi connectivity index (χ2v) is 9.64. The second kappa shape index (κ2) is 9.67. The van der Waals surface area contributed by atoms with Crippen LogP contribution in [-0.4, -0.2) is 33.9 Å². The van der Waals surface area contributed by atoms with Gasteiger partial charge in [0.2, 0.25) is 5.78 Å². The molecule has 9 heteroatoms. The normalized spacial score (nSPS) is 15.6. The summed E-state index contributed by atoms with van der Waals surface area (Å²) in [6.07, 6.45) is 1.20. The minimum absolute atomic E-state index is 0.0282. The molecular formula is C28H21BrN2O6. The minimum atomic E-state index is -1.06. The third kappa shape index (κ3) is 4.53. The van der Waals surface area contributed by atoms with Gasteiger partial charge in [-0.25, -0.2) is 4.79 Å². The summed E-state index contributed by atoms with van der Waals surface area (Å²) < 4.78 is 11.9. The van der Waals surface area contributed by atoms with Crippen molar-refractivity contribution in [1.82, 2.24) is 4.98 Å². The summed E-state index contributed by atoms with van der Waals surface area (Å²) in [6, 6.07) is 17.1. The number of aliphatic hydroxyl groups is 1. The minimum Gasteiger partial charge on any atom is -0.503 e. The lowest BCUT2D eigenvalue weighted by Gasteiger charge is -2.26. The standard InChI is InChI=1S/C28H21BrN2O6/c1-15(2)36-28(35)16-6-5-7-19(13-16)31-24(20-8-3-4-11-30-20)23(26(33)27(31)34)25(32)22-14-17-12-18(29)9-10-21(17)37-22/h3-15,24,33H,1-2H3. The fraction of sp³-hybridized carbons (Fsp3) is 0.143. The van der Waals surface area contributed by atoms with Gasteiger partial charge in [0, 0.05) is 21.7 Å². The van der Waals surface area contributed by atoms with Gasteiger partial charge in [-0.2, -0.15) is 0 Å². The molecular weight excluding hydrogens is 540 g/mol. The number of amides is 1. The monoisotopic (exact) mass is 560 g/mol. The Morgan fingerprint density at radius 2 is 1.89 bits per heavy atom. The van der Waals surface area contributed by atoms with Crippen LogP contribution in [-0.2, 0) is 9.53 Å². The van der Waals surface area contributed by atoms with Crippen LogP contribution in [0.5, 0.6) is 0 Å². The molecule has 1 aliphatic rings. The highest BCUT2D eigenvalue weighted by Gasteiger charge is 2.46. The number of ketones is 1. The van der Waals surface area contributed by atoms with Crippen molar-refractivity contribution in [3.05, 3.63) is 106 Å². The first-order valence-corrected chi connectivity index (χ1v) is 12.3. The van der Waals surface area contributed by atoms with Crippen LogP contribution in [0.25, 0.3) is 11.0 Å². The SMILES string of the molecule is CC(C)OC(=O)c1cccc(N2C(=O)C(O)=C(C(=O)c3cc4cc(Br)ccc4o3)C2c2ccccn2)c1. The summed E-state index contributed by atoms with van der Waals surface area (Å²) in [5, 5.41) is 11.7. The fourth-order valence-electron chi connectivity index (χ4n) is 4.24. The molecule has 0 fully saturated rings. The average Bonchev–Trinajstić information content (AvgIpc) is 3.42. The zero-order chi connectivity index (χ0) is 26.3. The maximum atomic E-state index is 13.7. The molecule has 3 heterocycles. The number of nitrogens with zero attached hydrogens (tertiary/aromatic N) is 2. The Labute approximate surface area is 220 Å². The summed E-state index contributed by atoms with van der Waals surface area (Å²) in [4.78, 5) is 45.2. The van der Waals surface area contributed by atoms with Crippen LogP contribution < -0.4 is 4.90 Å². The molecule has 0 saturated carbocycles. The molecule has 1 aliphatic heterocycles. The largest absolute Gasteiger partial charge is 0.503 e. The number of carbonyl (C=O) groups excluding carboxylic acids is 3. The predicted molar refractivity (Wildman–Crippen MR) is 139 cm³/mol. The van der Waals surface area contributed by atoms with Crippen LogP contribution in [0.15, 0.2) is 93.1 Å². The highest BCUT2D eigenvalue weighted by atomic mass is 79.9. The highest BCUT2D eigenvalue weighted by molar-refractivity contribution is 9.10. The molecule has 4 aromatic rings. The third-order valence-corrected chi connectivity index (χ3v) is 6.32. The number of fused-ring (bicyclic) bond motifs is 1. The van der Waals surface area contributed by atoms with E-state index in [9.17, 15) is 19.5 Å². The molecule has 1 N–H and O–H groups in total. The van der Waals surface area contributed by atoms with E-state index < -0.39 is 29.5 Å². The highest BCUT2D eigenvalue weighted by Crippen LogP contribution is 2.42. The number of Topliss-reactive ketones (excluding diaryl/α,β-unsaturated/α-hetero) is 1. The molecule has 186 valence electrons. The molecule has 1 amide bonds.